The van der Waals surface area contributed by atoms with E-state index in [2.05, 4.69) is 19.7 Å². The van der Waals surface area contributed by atoms with Gasteiger partial charge in [0.2, 0.25) is 0 Å². The summed E-state index contributed by atoms with van der Waals surface area (Å²) in [6.07, 6.45) is 0. The molecule has 0 unspecified atom stereocenters. The molecule has 1 fully saturated rings. The van der Waals surface area contributed by atoms with Gasteiger partial charge in [-0.3, -0.25) is 5.01 Å². The van der Waals surface area contributed by atoms with Crippen molar-refractivity contribution >= 4 is 7.98 Å². The van der Waals surface area contributed by atoms with Crippen molar-refractivity contribution in [3.8, 4) is 0 Å². The molecule has 1 aliphatic rings. The summed E-state index contributed by atoms with van der Waals surface area (Å²) in [4.78, 5) is 1.50. The third kappa shape index (κ3) is 1.05. The summed E-state index contributed by atoms with van der Waals surface area (Å²) in [6, 6.07) is 0.276. The summed E-state index contributed by atoms with van der Waals surface area (Å²) in [6.45, 7) is 15.6. The van der Waals surface area contributed by atoms with Crippen LogP contribution in [0.4, 0.5) is 0 Å². The molecule has 0 N–H and O–H groups in total. The van der Waals surface area contributed by atoms with Gasteiger partial charge in [0, 0.05) is 17.3 Å². The van der Waals surface area contributed by atoms with E-state index in [0.29, 0.717) is 5.70 Å². The van der Waals surface area contributed by atoms with Crippen LogP contribution in [0.15, 0.2) is 36.7 Å². The number of rotatable bonds is 1. The molecule has 2 nitrogen and oxygen atoms in total. The molecule has 1 rings (SSSR count). The molecular formula is C9H13BN2. The van der Waals surface area contributed by atoms with Crippen LogP contribution >= 0.6 is 0 Å². The van der Waals surface area contributed by atoms with Gasteiger partial charge in [0.05, 0.1) is 5.70 Å². The van der Waals surface area contributed by atoms with Crippen LogP contribution in [0.5, 0.6) is 0 Å². The second kappa shape index (κ2) is 2.74. The number of nitrogens with zero attached hydrogens (tertiary/aromatic N) is 2. The molecule has 3 heteroatoms. The van der Waals surface area contributed by atoms with Gasteiger partial charge in [0.25, 0.3) is 7.98 Å². The largest absolute Gasteiger partial charge is 0.344 e. The van der Waals surface area contributed by atoms with Crippen molar-refractivity contribution in [2.24, 2.45) is 0 Å². The molecule has 0 aliphatic carbocycles. The van der Waals surface area contributed by atoms with E-state index in [4.69, 9.17) is 7.98 Å². The molecule has 1 aliphatic heterocycles. The summed E-state index contributed by atoms with van der Waals surface area (Å²) >= 11 is 0. The van der Waals surface area contributed by atoms with Gasteiger partial charge in [0.1, 0.15) is 0 Å². The number of hydrogen-bond acceptors (Lipinski definition) is 2. The molecule has 0 amide bonds. The smallest absolute Gasteiger partial charge is 0.262 e. The second-order valence-electron chi connectivity index (χ2n) is 3.15. The maximum absolute atomic E-state index is 5.74. The average molecular weight is 160 g/mol. The van der Waals surface area contributed by atoms with Gasteiger partial charge in [0.15, 0.2) is 0 Å². The van der Waals surface area contributed by atoms with Crippen molar-refractivity contribution in [1.29, 1.82) is 0 Å². The van der Waals surface area contributed by atoms with E-state index in [1.807, 2.05) is 18.9 Å². The highest BCUT2D eigenvalue weighted by molar-refractivity contribution is 6.06. The van der Waals surface area contributed by atoms with E-state index < -0.39 is 0 Å². The third-order valence-electron chi connectivity index (χ3n) is 1.97. The molecule has 2 radical (unpaired) electrons. The van der Waals surface area contributed by atoms with E-state index in [1.54, 1.807) is 0 Å². The average Bonchev–Trinajstić information content (AvgIpc) is 2.16. The van der Waals surface area contributed by atoms with Crippen LogP contribution in [0.2, 0.25) is 0 Å². The quantitative estimate of drug-likeness (QED) is 0.537. The first kappa shape index (κ1) is 8.98. The van der Waals surface area contributed by atoms with Crippen molar-refractivity contribution in [1.82, 2.24) is 9.93 Å². The molecule has 0 saturated carbocycles. The normalized spacial score (nSPS) is 18.4. The van der Waals surface area contributed by atoms with E-state index >= 15 is 0 Å². The Labute approximate surface area is 75.2 Å². The summed E-state index contributed by atoms with van der Waals surface area (Å²) in [7, 11) is 5.74. The molecule has 0 spiro atoms. The topological polar surface area (TPSA) is 6.48 Å². The van der Waals surface area contributed by atoms with Gasteiger partial charge >= 0.3 is 0 Å². The Kier molecular flexibility index (Phi) is 2.05. The van der Waals surface area contributed by atoms with E-state index in [1.165, 1.54) is 4.92 Å². The number of hydrazine groups is 1. The minimum Gasteiger partial charge on any atom is -0.344 e. The maximum atomic E-state index is 5.74. The van der Waals surface area contributed by atoms with Crippen LogP contribution in [0.25, 0.3) is 0 Å². The van der Waals surface area contributed by atoms with Gasteiger partial charge in [-0.05, 0) is 13.8 Å². The Morgan fingerprint density at radius 1 is 1.17 bits per heavy atom. The monoisotopic (exact) mass is 160 g/mol. The van der Waals surface area contributed by atoms with Crippen molar-refractivity contribution < 1.29 is 0 Å². The summed E-state index contributed by atoms with van der Waals surface area (Å²) in [5, 5.41) is 1.87. The first-order valence-corrected chi connectivity index (χ1v) is 3.88. The molecule has 0 aromatic heterocycles. The lowest BCUT2D eigenvalue weighted by Crippen LogP contribution is -2.37. The fourth-order valence-corrected chi connectivity index (χ4v) is 1.26. The number of hydrogen-bond donors (Lipinski definition) is 0. The van der Waals surface area contributed by atoms with Crippen molar-refractivity contribution in [3.63, 3.8) is 0 Å². The van der Waals surface area contributed by atoms with Gasteiger partial charge in [-0.25, -0.2) is 0 Å². The van der Waals surface area contributed by atoms with E-state index in [-0.39, 0.29) is 6.04 Å². The van der Waals surface area contributed by atoms with Gasteiger partial charge in [-0.1, -0.05) is 19.7 Å². The lowest BCUT2D eigenvalue weighted by atomic mass is 10.2. The Morgan fingerprint density at radius 2 is 1.67 bits per heavy atom. The second-order valence-corrected chi connectivity index (χ2v) is 3.15. The predicted molar refractivity (Wildman–Crippen MR) is 52.0 cm³/mol. The first-order chi connectivity index (χ1) is 5.46. The lowest BCUT2D eigenvalue weighted by Gasteiger charge is -2.32. The van der Waals surface area contributed by atoms with Crippen LogP contribution < -0.4 is 0 Å². The zero-order valence-corrected chi connectivity index (χ0v) is 7.67. The van der Waals surface area contributed by atoms with Crippen molar-refractivity contribution in [2.75, 3.05) is 0 Å². The highest BCUT2D eigenvalue weighted by Crippen LogP contribution is 2.32. The fourth-order valence-electron chi connectivity index (χ4n) is 1.26. The van der Waals surface area contributed by atoms with Gasteiger partial charge < -0.3 is 4.92 Å². The van der Waals surface area contributed by atoms with Crippen LogP contribution in [0.1, 0.15) is 13.8 Å². The lowest BCUT2D eigenvalue weighted by molar-refractivity contribution is 0.136. The molecule has 1 heterocycles. The first-order valence-electron chi connectivity index (χ1n) is 3.88. The minimum absolute atomic E-state index is 0.276. The Hall–Kier alpha value is -1.12. The zero-order valence-electron chi connectivity index (χ0n) is 7.67. The van der Waals surface area contributed by atoms with Gasteiger partial charge in [-0.15, -0.1) is 0 Å². The summed E-state index contributed by atoms with van der Waals surface area (Å²) in [5.41, 5.74) is 2.36. The van der Waals surface area contributed by atoms with Crippen molar-refractivity contribution in [2.45, 2.75) is 19.9 Å². The maximum Gasteiger partial charge on any atom is 0.262 e. The van der Waals surface area contributed by atoms with Crippen LogP contribution in [0, 0.1) is 0 Å². The molecule has 12 heavy (non-hydrogen) atoms. The summed E-state index contributed by atoms with van der Waals surface area (Å²) < 4.78 is 0. The third-order valence-corrected chi connectivity index (χ3v) is 1.97. The Morgan fingerprint density at radius 3 is 1.83 bits per heavy atom. The Balaban J connectivity index is 2.99. The predicted octanol–water partition coefficient (Wildman–Crippen LogP) is 1.59. The summed E-state index contributed by atoms with van der Waals surface area (Å²) in [5.74, 6) is 0. The standard InChI is InChI=1S/C9H13BN2/c1-6(2)11-8(4)7(3)9(5)12(11)10/h6H,3-5H2,1-2H3. The Bertz CT molecular complexity index is 255. The highest BCUT2D eigenvalue weighted by Gasteiger charge is 2.28. The van der Waals surface area contributed by atoms with E-state index in [9.17, 15) is 0 Å². The minimum atomic E-state index is 0.276. The van der Waals surface area contributed by atoms with E-state index in [0.717, 1.165) is 11.3 Å². The van der Waals surface area contributed by atoms with Crippen molar-refractivity contribution in [3.05, 3.63) is 36.7 Å². The molecule has 62 valence electrons. The molecule has 0 atom stereocenters. The molecule has 1 saturated heterocycles. The molecule has 0 aromatic rings. The fraction of sp³-hybridized carbons (Fsp3) is 0.333. The molecule has 0 aromatic carbocycles. The zero-order chi connectivity index (χ0) is 9.46. The molecular weight excluding hydrogens is 147 g/mol. The van der Waals surface area contributed by atoms with Gasteiger partial charge in [-0.2, -0.15) is 0 Å². The van der Waals surface area contributed by atoms with Crippen LogP contribution in [-0.2, 0) is 0 Å². The van der Waals surface area contributed by atoms with Crippen LogP contribution in [0.3, 0.4) is 0 Å². The highest BCUT2D eigenvalue weighted by atomic mass is 15.6. The SMILES string of the molecule is [B]N1C(=C)C(=C)C(=C)N1C(C)C. The van der Waals surface area contributed by atoms with Crippen LogP contribution in [-0.4, -0.2) is 24.0 Å². The molecule has 0 bridgehead atoms.